The predicted octanol–water partition coefficient (Wildman–Crippen LogP) is 3.42. The monoisotopic (exact) mass is 310 g/mol. The Labute approximate surface area is 137 Å². The summed E-state index contributed by atoms with van der Waals surface area (Å²) in [5.41, 5.74) is 0. The maximum atomic E-state index is 10.0. The Bertz CT molecular complexity index is 304. The van der Waals surface area contributed by atoms with E-state index in [9.17, 15) is 5.11 Å². The molecule has 2 fully saturated rings. The summed E-state index contributed by atoms with van der Waals surface area (Å²) < 4.78 is 0. The number of rotatable bonds is 8. The SMILES string of the molecule is CCC(O)CC1CC(NCC2CCCC2)CN(C(C)CC)C1. The largest absolute Gasteiger partial charge is 0.393 e. The smallest absolute Gasteiger partial charge is 0.0540 e. The normalized spacial score (nSPS) is 30.5. The molecule has 0 aromatic carbocycles. The van der Waals surface area contributed by atoms with Crippen LogP contribution in [-0.2, 0) is 0 Å². The second kappa shape index (κ2) is 9.24. The van der Waals surface area contributed by atoms with Crippen molar-refractivity contribution in [2.45, 2.75) is 90.3 Å². The van der Waals surface area contributed by atoms with Gasteiger partial charge in [-0.15, -0.1) is 0 Å². The average molecular weight is 311 g/mol. The Morgan fingerprint density at radius 1 is 1.09 bits per heavy atom. The van der Waals surface area contributed by atoms with Crippen LogP contribution in [0.2, 0.25) is 0 Å². The van der Waals surface area contributed by atoms with E-state index in [0.29, 0.717) is 18.0 Å². The van der Waals surface area contributed by atoms with Gasteiger partial charge in [0.25, 0.3) is 0 Å². The second-order valence-corrected chi connectivity index (χ2v) is 7.87. The maximum Gasteiger partial charge on any atom is 0.0540 e. The first-order valence-corrected chi connectivity index (χ1v) is 9.77. The van der Waals surface area contributed by atoms with Crippen molar-refractivity contribution in [1.82, 2.24) is 10.2 Å². The van der Waals surface area contributed by atoms with Crippen molar-refractivity contribution in [3.05, 3.63) is 0 Å². The summed E-state index contributed by atoms with van der Waals surface area (Å²) in [6.45, 7) is 10.3. The predicted molar refractivity (Wildman–Crippen MR) is 94.1 cm³/mol. The van der Waals surface area contributed by atoms with Gasteiger partial charge in [0.15, 0.2) is 0 Å². The topological polar surface area (TPSA) is 35.5 Å². The highest BCUT2D eigenvalue weighted by Gasteiger charge is 2.30. The van der Waals surface area contributed by atoms with Crippen molar-refractivity contribution in [2.24, 2.45) is 11.8 Å². The quantitative estimate of drug-likeness (QED) is 0.721. The van der Waals surface area contributed by atoms with Crippen LogP contribution in [-0.4, -0.2) is 47.8 Å². The molecule has 2 N–H and O–H groups in total. The summed E-state index contributed by atoms with van der Waals surface area (Å²) in [5, 5.41) is 13.9. The van der Waals surface area contributed by atoms with Gasteiger partial charge >= 0.3 is 0 Å². The average Bonchev–Trinajstić information content (AvgIpc) is 3.05. The Hall–Kier alpha value is -0.120. The van der Waals surface area contributed by atoms with E-state index < -0.39 is 0 Å². The Kier molecular flexibility index (Phi) is 7.66. The molecular weight excluding hydrogens is 272 g/mol. The van der Waals surface area contributed by atoms with Gasteiger partial charge in [-0.3, -0.25) is 4.90 Å². The summed E-state index contributed by atoms with van der Waals surface area (Å²) in [4.78, 5) is 2.66. The number of likely N-dealkylation sites (tertiary alicyclic amines) is 1. The summed E-state index contributed by atoms with van der Waals surface area (Å²) >= 11 is 0. The Morgan fingerprint density at radius 3 is 2.45 bits per heavy atom. The molecule has 0 amide bonds. The highest BCUT2D eigenvalue weighted by Crippen LogP contribution is 2.27. The molecule has 1 saturated carbocycles. The number of nitrogens with zero attached hydrogens (tertiary/aromatic N) is 1. The molecule has 0 aromatic rings. The first-order chi connectivity index (χ1) is 10.6. The molecule has 2 aliphatic rings. The van der Waals surface area contributed by atoms with Crippen molar-refractivity contribution < 1.29 is 5.11 Å². The van der Waals surface area contributed by atoms with Crippen LogP contribution in [0, 0.1) is 11.8 Å². The third kappa shape index (κ3) is 5.50. The van der Waals surface area contributed by atoms with Gasteiger partial charge in [-0.25, -0.2) is 0 Å². The molecule has 3 nitrogen and oxygen atoms in total. The molecule has 2 rings (SSSR count). The molecule has 22 heavy (non-hydrogen) atoms. The van der Waals surface area contributed by atoms with Gasteiger partial charge in [0.05, 0.1) is 6.10 Å². The summed E-state index contributed by atoms with van der Waals surface area (Å²) in [6, 6.07) is 1.29. The third-order valence-electron chi connectivity index (χ3n) is 6.03. The Morgan fingerprint density at radius 2 is 1.82 bits per heavy atom. The minimum Gasteiger partial charge on any atom is -0.393 e. The van der Waals surface area contributed by atoms with Crippen molar-refractivity contribution in [1.29, 1.82) is 0 Å². The van der Waals surface area contributed by atoms with E-state index in [0.717, 1.165) is 18.8 Å². The summed E-state index contributed by atoms with van der Waals surface area (Å²) in [5.74, 6) is 1.57. The van der Waals surface area contributed by atoms with Gasteiger partial charge < -0.3 is 10.4 Å². The van der Waals surface area contributed by atoms with E-state index in [1.54, 1.807) is 0 Å². The van der Waals surface area contributed by atoms with Crippen molar-refractivity contribution in [3.63, 3.8) is 0 Å². The lowest BCUT2D eigenvalue weighted by molar-refractivity contribution is 0.0637. The fourth-order valence-electron chi connectivity index (χ4n) is 4.28. The zero-order chi connectivity index (χ0) is 15.9. The third-order valence-corrected chi connectivity index (χ3v) is 6.03. The number of piperidine rings is 1. The van der Waals surface area contributed by atoms with E-state index >= 15 is 0 Å². The van der Waals surface area contributed by atoms with Crippen LogP contribution in [0.1, 0.15) is 72.1 Å². The van der Waals surface area contributed by atoms with E-state index in [2.05, 4.69) is 31.0 Å². The number of hydrogen-bond acceptors (Lipinski definition) is 3. The molecule has 0 bridgehead atoms. The molecule has 1 aliphatic carbocycles. The van der Waals surface area contributed by atoms with Crippen LogP contribution < -0.4 is 5.32 Å². The minimum absolute atomic E-state index is 0.114. The van der Waals surface area contributed by atoms with E-state index in [-0.39, 0.29) is 6.10 Å². The molecule has 1 heterocycles. The fraction of sp³-hybridized carbons (Fsp3) is 1.00. The molecule has 0 radical (unpaired) electrons. The Balaban J connectivity index is 1.86. The highest BCUT2D eigenvalue weighted by molar-refractivity contribution is 4.87. The van der Waals surface area contributed by atoms with Crippen LogP contribution in [0.25, 0.3) is 0 Å². The first kappa shape index (κ1) is 18.2. The van der Waals surface area contributed by atoms with Crippen molar-refractivity contribution in [2.75, 3.05) is 19.6 Å². The van der Waals surface area contributed by atoms with Crippen LogP contribution in [0.5, 0.6) is 0 Å². The van der Waals surface area contributed by atoms with Crippen LogP contribution in [0.15, 0.2) is 0 Å². The molecule has 0 aromatic heterocycles. The van der Waals surface area contributed by atoms with Gasteiger partial charge in [-0.2, -0.15) is 0 Å². The van der Waals surface area contributed by atoms with Crippen LogP contribution in [0.4, 0.5) is 0 Å². The van der Waals surface area contributed by atoms with Crippen LogP contribution in [0.3, 0.4) is 0 Å². The first-order valence-electron chi connectivity index (χ1n) is 9.77. The fourth-order valence-corrected chi connectivity index (χ4v) is 4.28. The minimum atomic E-state index is -0.114. The molecule has 1 saturated heterocycles. The lowest BCUT2D eigenvalue weighted by atomic mass is 9.87. The van der Waals surface area contributed by atoms with Crippen molar-refractivity contribution >= 4 is 0 Å². The molecule has 0 spiro atoms. The molecule has 4 atom stereocenters. The van der Waals surface area contributed by atoms with Crippen molar-refractivity contribution in [3.8, 4) is 0 Å². The van der Waals surface area contributed by atoms with Gasteiger partial charge in [-0.05, 0) is 63.8 Å². The molecule has 3 heteroatoms. The van der Waals surface area contributed by atoms with Gasteiger partial charge in [-0.1, -0.05) is 26.7 Å². The molecular formula is C19H38N2O. The van der Waals surface area contributed by atoms with Gasteiger partial charge in [0.1, 0.15) is 0 Å². The zero-order valence-corrected chi connectivity index (χ0v) is 15.1. The van der Waals surface area contributed by atoms with E-state index in [1.165, 1.54) is 58.2 Å². The lowest BCUT2D eigenvalue weighted by Gasteiger charge is -2.42. The number of aliphatic hydroxyl groups is 1. The summed E-state index contributed by atoms with van der Waals surface area (Å²) in [7, 11) is 0. The standard InChI is InChI=1S/C19H38N2O/c1-4-15(3)21-13-17(11-19(22)5-2)10-18(14-21)20-12-16-8-6-7-9-16/h15-20,22H,4-14H2,1-3H3. The number of aliphatic hydroxyl groups excluding tert-OH is 1. The maximum absolute atomic E-state index is 10.0. The highest BCUT2D eigenvalue weighted by atomic mass is 16.3. The summed E-state index contributed by atoms with van der Waals surface area (Å²) in [6.07, 6.45) is 9.93. The van der Waals surface area contributed by atoms with Gasteiger partial charge in [0.2, 0.25) is 0 Å². The van der Waals surface area contributed by atoms with Gasteiger partial charge in [0, 0.05) is 25.2 Å². The molecule has 4 unspecified atom stereocenters. The number of hydrogen-bond donors (Lipinski definition) is 2. The van der Waals surface area contributed by atoms with Crippen LogP contribution >= 0.6 is 0 Å². The lowest BCUT2D eigenvalue weighted by Crippen LogP contribution is -2.53. The number of nitrogens with one attached hydrogen (secondary N) is 1. The van der Waals surface area contributed by atoms with E-state index in [4.69, 9.17) is 0 Å². The zero-order valence-electron chi connectivity index (χ0n) is 15.1. The molecule has 1 aliphatic heterocycles. The molecule has 130 valence electrons. The van der Waals surface area contributed by atoms with E-state index in [1.807, 2.05) is 0 Å². The second-order valence-electron chi connectivity index (χ2n) is 7.87.